The summed E-state index contributed by atoms with van der Waals surface area (Å²) in [7, 11) is 1.64. The summed E-state index contributed by atoms with van der Waals surface area (Å²) in [6.45, 7) is 2.20. The molecular weight excluding hydrogens is 414 g/mol. The van der Waals surface area contributed by atoms with Crippen LogP contribution >= 0.6 is 0 Å². The predicted molar refractivity (Wildman–Crippen MR) is 131 cm³/mol. The van der Waals surface area contributed by atoms with Gasteiger partial charge in [0.1, 0.15) is 5.75 Å². The third-order valence-corrected chi connectivity index (χ3v) is 5.71. The molecule has 6 nitrogen and oxygen atoms in total. The highest BCUT2D eigenvalue weighted by Crippen LogP contribution is 2.34. The summed E-state index contributed by atoms with van der Waals surface area (Å²) in [5.74, 6) is 0.650. The number of carbonyl (C=O) groups excluding carboxylic acids is 1. The van der Waals surface area contributed by atoms with Gasteiger partial charge in [-0.2, -0.15) is 5.10 Å². The second-order valence-corrected chi connectivity index (χ2v) is 8.21. The van der Waals surface area contributed by atoms with Crippen molar-refractivity contribution in [1.82, 2.24) is 5.01 Å². The molecule has 3 aromatic carbocycles. The summed E-state index contributed by atoms with van der Waals surface area (Å²) < 4.78 is 5.30. The lowest BCUT2D eigenvalue weighted by Gasteiger charge is -2.29. The molecule has 6 heteroatoms. The molecule has 0 saturated heterocycles. The molecule has 0 bridgehead atoms. The van der Waals surface area contributed by atoms with Crippen LogP contribution in [0.2, 0.25) is 0 Å². The van der Waals surface area contributed by atoms with Crippen LogP contribution in [-0.2, 0) is 4.79 Å². The Bertz CT molecular complexity index is 1080. The average molecular weight is 444 g/mol. The number of benzene rings is 3. The molecule has 0 radical (unpaired) electrons. The molecule has 1 aliphatic rings. The van der Waals surface area contributed by atoms with E-state index in [0.29, 0.717) is 13.0 Å². The fraction of sp³-hybridized carbons (Fsp3) is 0.259. The van der Waals surface area contributed by atoms with Gasteiger partial charge in [0.05, 0.1) is 31.5 Å². The number of anilines is 1. The van der Waals surface area contributed by atoms with Crippen LogP contribution in [0.25, 0.3) is 0 Å². The molecular formula is C27H29N3O3. The van der Waals surface area contributed by atoms with Crippen molar-refractivity contribution in [2.75, 3.05) is 25.1 Å². The smallest absolute Gasteiger partial charge is 0.262 e. The minimum atomic E-state index is -0.572. The predicted octanol–water partition coefficient (Wildman–Crippen LogP) is 4.26. The Kier molecular flexibility index (Phi) is 7.05. The van der Waals surface area contributed by atoms with Gasteiger partial charge in [-0.15, -0.1) is 0 Å². The molecule has 4 rings (SSSR count). The molecule has 0 fully saturated rings. The Hall–Kier alpha value is -3.64. The Morgan fingerprint density at radius 2 is 1.70 bits per heavy atom. The largest absolute Gasteiger partial charge is 0.497 e. The van der Waals surface area contributed by atoms with Gasteiger partial charge in [0, 0.05) is 18.7 Å². The number of nitrogens with zero attached hydrogens (tertiary/aromatic N) is 3. The molecule has 0 aromatic heterocycles. The summed E-state index contributed by atoms with van der Waals surface area (Å²) in [5.41, 5.74) is 3.78. The van der Waals surface area contributed by atoms with E-state index in [4.69, 9.17) is 9.84 Å². The van der Waals surface area contributed by atoms with E-state index in [9.17, 15) is 9.90 Å². The quantitative estimate of drug-likeness (QED) is 0.565. The molecule has 1 amide bonds. The van der Waals surface area contributed by atoms with Gasteiger partial charge in [-0.05, 0) is 42.3 Å². The first-order chi connectivity index (χ1) is 16.0. The number of carbonyl (C=O) groups is 1. The zero-order valence-electron chi connectivity index (χ0n) is 19.0. The SMILES string of the molecule is COc1ccc(C2CC(c3ccccc3)=NN2C(=O)CN(CC(C)O)c2ccccc2)cc1. The van der Waals surface area contributed by atoms with Crippen LogP contribution in [0.5, 0.6) is 5.75 Å². The number of para-hydroxylation sites is 1. The minimum absolute atomic E-state index is 0.118. The first kappa shape index (κ1) is 22.6. The Labute approximate surface area is 194 Å². The van der Waals surface area contributed by atoms with E-state index < -0.39 is 6.10 Å². The summed E-state index contributed by atoms with van der Waals surface area (Å²) in [4.78, 5) is 15.5. The molecule has 0 aliphatic carbocycles. The van der Waals surface area contributed by atoms with Crippen LogP contribution in [0.4, 0.5) is 5.69 Å². The van der Waals surface area contributed by atoms with E-state index >= 15 is 0 Å². The van der Waals surface area contributed by atoms with E-state index in [2.05, 4.69) is 0 Å². The standard InChI is InChI=1S/C27H29N3O3/c1-20(31)18-29(23-11-7-4-8-12-23)19-27(32)30-26(22-13-15-24(33-2)16-14-22)17-25(28-30)21-9-5-3-6-10-21/h3-16,20,26,31H,17-19H2,1-2H3. The van der Waals surface area contributed by atoms with Crippen molar-refractivity contribution >= 4 is 17.3 Å². The van der Waals surface area contributed by atoms with E-state index in [1.807, 2.05) is 89.8 Å². The second kappa shape index (κ2) is 10.3. The molecule has 1 aliphatic heterocycles. The van der Waals surface area contributed by atoms with Crippen molar-refractivity contribution in [3.8, 4) is 5.75 Å². The summed E-state index contributed by atoms with van der Waals surface area (Å²) >= 11 is 0. The molecule has 1 heterocycles. The molecule has 0 spiro atoms. The zero-order chi connectivity index (χ0) is 23.2. The average Bonchev–Trinajstić information content (AvgIpc) is 3.30. The third kappa shape index (κ3) is 5.41. The first-order valence-electron chi connectivity index (χ1n) is 11.1. The summed E-state index contributed by atoms with van der Waals surface area (Å²) in [6.07, 6.45) is 0.0569. The topological polar surface area (TPSA) is 65.4 Å². The highest BCUT2D eigenvalue weighted by Gasteiger charge is 2.34. The van der Waals surface area contributed by atoms with Crippen molar-refractivity contribution in [3.63, 3.8) is 0 Å². The van der Waals surface area contributed by atoms with Crippen LogP contribution in [0.3, 0.4) is 0 Å². The first-order valence-corrected chi connectivity index (χ1v) is 11.1. The van der Waals surface area contributed by atoms with Crippen LogP contribution in [0.1, 0.15) is 30.5 Å². The minimum Gasteiger partial charge on any atom is -0.497 e. The molecule has 0 saturated carbocycles. The number of amides is 1. The van der Waals surface area contributed by atoms with Crippen LogP contribution in [-0.4, -0.2) is 48.0 Å². The van der Waals surface area contributed by atoms with Gasteiger partial charge in [0.25, 0.3) is 5.91 Å². The van der Waals surface area contributed by atoms with Crippen LogP contribution in [0.15, 0.2) is 90.0 Å². The van der Waals surface area contributed by atoms with E-state index in [0.717, 1.165) is 28.3 Å². The van der Waals surface area contributed by atoms with Crippen LogP contribution < -0.4 is 9.64 Å². The maximum Gasteiger partial charge on any atom is 0.262 e. The van der Waals surface area contributed by atoms with Gasteiger partial charge in [0.2, 0.25) is 0 Å². The summed E-state index contributed by atoms with van der Waals surface area (Å²) in [6, 6.07) is 27.2. The second-order valence-electron chi connectivity index (χ2n) is 8.21. The maximum atomic E-state index is 13.6. The third-order valence-electron chi connectivity index (χ3n) is 5.71. The normalized spacial score (nSPS) is 16.3. The lowest BCUT2D eigenvalue weighted by molar-refractivity contribution is -0.131. The van der Waals surface area contributed by atoms with Crippen LogP contribution in [0, 0.1) is 0 Å². The fourth-order valence-electron chi connectivity index (χ4n) is 4.09. The number of aliphatic hydroxyl groups excluding tert-OH is 1. The zero-order valence-corrected chi connectivity index (χ0v) is 19.0. The van der Waals surface area contributed by atoms with Gasteiger partial charge in [-0.3, -0.25) is 4.79 Å². The monoisotopic (exact) mass is 443 g/mol. The van der Waals surface area contributed by atoms with Gasteiger partial charge in [-0.1, -0.05) is 60.7 Å². The lowest BCUT2D eigenvalue weighted by Crippen LogP contribution is -2.41. The number of hydrogen-bond acceptors (Lipinski definition) is 5. The Morgan fingerprint density at radius 1 is 1.06 bits per heavy atom. The van der Waals surface area contributed by atoms with Gasteiger partial charge in [0.15, 0.2) is 0 Å². The number of aliphatic hydroxyl groups is 1. The van der Waals surface area contributed by atoms with Crippen molar-refractivity contribution < 1.29 is 14.6 Å². The number of methoxy groups -OCH3 is 1. The summed E-state index contributed by atoms with van der Waals surface area (Å²) in [5, 5.41) is 16.4. The van der Waals surface area contributed by atoms with Crippen molar-refractivity contribution in [1.29, 1.82) is 0 Å². The van der Waals surface area contributed by atoms with Gasteiger partial charge < -0.3 is 14.7 Å². The molecule has 3 aromatic rings. The molecule has 2 atom stereocenters. The molecule has 33 heavy (non-hydrogen) atoms. The maximum absolute atomic E-state index is 13.6. The number of rotatable bonds is 8. The van der Waals surface area contributed by atoms with Crippen molar-refractivity contribution in [2.45, 2.75) is 25.5 Å². The number of hydrogen-bond donors (Lipinski definition) is 1. The Morgan fingerprint density at radius 3 is 2.30 bits per heavy atom. The lowest BCUT2D eigenvalue weighted by atomic mass is 9.98. The van der Waals surface area contributed by atoms with Gasteiger partial charge >= 0.3 is 0 Å². The van der Waals surface area contributed by atoms with E-state index in [-0.39, 0.29) is 18.5 Å². The van der Waals surface area contributed by atoms with Crippen molar-refractivity contribution in [2.24, 2.45) is 5.10 Å². The van der Waals surface area contributed by atoms with E-state index in [1.54, 1.807) is 19.0 Å². The Balaban J connectivity index is 1.63. The molecule has 1 N–H and O–H groups in total. The fourth-order valence-corrected chi connectivity index (χ4v) is 4.09. The highest BCUT2D eigenvalue weighted by atomic mass is 16.5. The highest BCUT2D eigenvalue weighted by molar-refractivity contribution is 6.03. The molecule has 170 valence electrons. The van der Waals surface area contributed by atoms with E-state index in [1.165, 1.54) is 0 Å². The van der Waals surface area contributed by atoms with Crippen molar-refractivity contribution in [3.05, 3.63) is 96.1 Å². The molecule has 2 unspecified atom stereocenters. The number of hydrazone groups is 1. The number of ether oxygens (including phenoxy) is 1. The van der Waals surface area contributed by atoms with Gasteiger partial charge in [-0.25, -0.2) is 5.01 Å².